The number of benzene rings is 1. The predicted molar refractivity (Wildman–Crippen MR) is 93.4 cm³/mol. The number of piperidine rings is 1. The Morgan fingerprint density at radius 3 is 2.73 bits per heavy atom. The van der Waals surface area contributed by atoms with Crippen molar-refractivity contribution in [3.05, 3.63) is 47.4 Å². The second-order valence-electron chi connectivity index (χ2n) is 5.99. The number of amides is 1. The lowest BCUT2D eigenvalue weighted by Crippen LogP contribution is -2.41. The molecule has 1 aliphatic heterocycles. The number of carbonyl (C=O) groups excluding carboxylic acids is 1. The lowest BCUT2D eigenvalue weighted by molar-refractivity contribution is 0.0588. The van der Waals surface area contributed by atoms with Crippen LogP contribution in [-0.2, 0) is 0 Å². The first-order valence-electron chi connectivity index (χ1n) is 8.22. The summed E-state index contributed by atoms with van der Waals surface area (Å²) in [6.45, 7) is 1.21. The molecule has 3 aromatic rings. The van der Waals surface area contributed by atoms with Crippen LogP contribution in [0.15, 0.2) is 35.8 Å². The molecule has 9 heteroatoms. The van der Waals surface area contributed by atoms with Gasteiger partial charge in [-0.1, -0.05) is 11.3 Å². The fourth-order valence-corrected chi connectivity index (χ4v) is 3.37. The summed E-state index contributed by atoms with van der Waals surface area (Å²) in [7, 11) is 0. The van der Waals surface area contributed by atoms with Crippen LogP contribution in [0.25, 0.3) is 11.3 Å². The summed E-state index contributed by atoms with van der Waals surface area (Å²) in [5, 5.41) is 15.1. The largest absolute Gasteiger partial charge is 0.465 e. The van der Waals surface area contributed by atoms with E-state index in [1.807, 2.05) is 0 Å². The van der Waals surface area contributed by atoms with Crippen molar-refractivity contribution >= 4 is 17.2 Å². The fraction of sp³-hybridized carbons (Fsp3) is 0.294. The summed E-state index contributed by atoms with van der Waals surface area (Å²) >= 11 is 1.36. The third-order valence-electron chi connectivity index (χ3n) is 4.28. The Morgan fingerprint density at radius 1 is 1.27 bits per heavy atom. The molecule has 3 heterocycles. The van der Waals surface area contributed by atoms with Crippen molar-refractivity contribution in [1.82, 2.24) is 25.3 Å². The average molecular weight is 373 g/mol. The zero-order valence-electron chi connectivity index (χ0n) is 13.8. The SMILES string of the molecule is O=C(c1cc(-c2ccc(F)cc2)n[nH]1)N1CCC(Oc2nncs2)CC1. The summed E-state index contributed by atoms with van der Waals surface area (Å²) in [5.74, 6) is -0.403. The van der Waals surface area contributed by atoms with E-state index in [2.05, 4.69) is 20.4 Å². The van der Waals surface area contributed by atoms with E-state index in [0.717, 1.165) is 18.4 Å². The third kappa shape index (κ3) is 3.57. The van der Waals surface area contributed by atoms with Gasteiger partial charge in [-0.05, 0) is 30.3 Å². The minimum absolute atomic E-state index is 0.0449. The van der Waals surface area contributed by atoms with Gasteiger partial charge in [0, 0.05) is 31.5 Å². The number of H-pyrrole nitrogens is 1. The van der Waals surface area contributed by atoms with Crippen LogP contribution < -0.4 is 4.74 Å². The molecule has 134 valence electrons. The summed E-state index contributed by atoms with van der Waals surface area (Å²) in [6.07, 6.45) is 1.53. The van der Waals surface area contributed by atoms with E-state index in [1.54, 1.807) is 28.6 Å². The predicted octanol–water partition coefficient (Wildman–Crippen LogP) is 2.75. The zero-order valence-corrected chi connectivity index (χ0v) is 14.6. The molecule has 1 aromatic carbocycles. The van der Waals surface area contributed by atoms with Crippen molar-refractivity contribution in [2.45, 2.75) is 18.9 Å². The number of likely N-dealkylation sites (tertiary alicyclic amines) is 1. The number of halogens is 1. The minimum atomic E-state index is -0.306. The van der Waals surface area contributed by atoms with E-state index >= 15 is 0 Å². The van der Waals surface area contributed by atoms with Gasteiger partial charge >= 0.3 is 0 Å². The van der Waals surface area contributed by atoms with E-state index in [-0.39, 0.29) is 17.8 Å². The number of carbonyl (C=O) groups is 1. The molecule has 2 aromatic heterocycles. The van der Waals surface area contributed by atoms with Crippen LogP contribution in [0.1, 0.15) is 23.3 Å². The molecular formula is C17H16FN5O2S. The summed E-state index contributed by atoms with van der Waals surface area (Å²) in [5.41, 5.74) is 3.42. The number of nitrogens with zero attached hydrogens (tertiary/aromatic N) is 4. The molecular weight excluding hydrogens is 357 g/mol. The standard InChI is InChI=1S/C17H16FN5O2S/c18-12-3-1-11(2-4-12)14-9-15(21-20-14)16(24)23-7-5-13(6-8-23)25-17-22-19-10-26-17/h1-4,9-10,13H,5-8H2,(H,20,21). The zero-order chi connectivity index (χ0) is 17.9. The van der Waals surface area contributed by atoms with Crippen LogP contribution in [0.4, 0.5) is 4.39 Å². The van der Waals surface area contributed by atoms with Gasteiger partial charge < -0.3 is 9.64 Å². The van der Waals surface area contributed by atoms with E-state index in [0.29, 0.717) is 29.7 Å². The Labute approximate surface area is 152 Å². The van der Waals surface area contributed by atoms with Crippen LogP contribution in [-0.4, -0.2) is 50.4 Å². The highest BCUT2D eigenvalue weighted by Crippen LogP contribution is 2.22. The molecule has 1 N–H and O–H groups in total. The summed E-state index contributed by atoms with van der Waals surface area (Å²) in [6, 6.07) is 7.70. The number of hydrogen-bond acceptors (Lipinski definition) is 6. The van der Waals surface area contributed by atoms with Crippen molar-refractivity contribution in [3.63, 3.8) is 0 Å². The Kier molecular flexibility index (Phi) is 4.61. The second kappa shape index (κ2) is 7.20. The van der Waals surface area contributed by atoms with Crippen molar-refractivity contribution in [2.75, 3.05) is 13.1 Å². The Hall–Kier alpha value is -2.81. The van der Waals surface area contributed by atoms with Crippen molar-refractivity contribution in [3.8, 4) is 16.5 Å². The van der Waals surface area contributed by atoms with Gasteiger partial charge in [0.25, 0.3) is 11.1 Å². The first-order chi connectivity index (χ1) is 12.7. The molecule has 0 spiro atoms. The second-order valence-corrected chi connectivity index (χ2v) is 6.78. The number of rotatable bonds is 4. The first kappa shape index (κ1) is 16.6. The molecule has 0 unspecified atom stereocenters. The molecule has 1 saturated heterocycles. The Morgan fingerprint density at radius 2 is 2.04 bits per heavy atom. The van der Waals surface area contributed by atoms with Gasteiger partial charge in [-0.3, -0.25) is 9.89 Å². The van der Waals surface area contributed by atoms with Crippen LogP contribution in [0.2, 0.25) is 0 Å². The van der Waals surface area contributed by atoms with Crippen molar-refractivity contribution < 1.29 is 13.9 Å². The van der Waals surface area contributed by atoms with Crippen LogP contribution >= 0.6 is 11.3 Å². The van der Waals surface area contributed by atoms with Crippen LogP contribution in [0, 0.1) is 5.82 Å². The summed E-state index contributed by atoms with van der Waals surface area (Å²) in [4.78, 5) is 14.4. The number of aromatic amines is 1. The lowest BCUT2D eigenvalue weighted by atomic mass is 10.1. The Bertz CT molecular complexity index is 873. The first-order valence-corrected chi connectivity index (χ1v) is 9.10. The van der Waals surface area contributed by atoms with Crippen molar-refractivity contribution in [1.29, 1.82) is 0 Å². The van der Waals surface area contributed by atoms with Crippen molar-refractivity contribution in [2.24, 2.45) is 0 Å². The molecule has 1 aliphatic rings. The Balaban J connectivity index is 1.37. The number of nitrogens with one attached hydrogen (secondary N) is 1. The van der Waals surface area contributed by atoms with Gasteiger partial charge in [0.05, 0.1) is 5.69 Å². The van der Waals surface area contributed by atoms with Gasteiger partial charge in [0.15, 0.2) is 0 Å². The molecule has 0 aliphatic carbocycles. The van der Waals surface area contributed by atoms with Gasteiger partial charge in [0.2, 0.25) is 0 Å². The van der Waals surface area contributed by atoms with Crippen LogP contribution in [0.3, 0.4) is 0 Å². The maximum Gasteiger partial charge on any atom is 0.294 e. The molecule has 1 amide bonds. The maximum atomic E-state index is 13.0. The minimum Gasteiger partial charge on any atom is -0.465 e. The molecule has 0 atom stereocenters. The van der Waals surface area contributed by atoms with Gasteiger partial charge in [0.1, 0.15) is 23.1 Å². The number of aromatic nitrogens is 4. The normalized spacial score (nSPS) is 15.2. The summed E-state index contributed by atoms with van der Waals surface area (Å²) < 4.78 is 18.8. The van der Waals surface area contributed by atoms with E-state index < -0.39 is 0 Å². The van der Waals surface area contributed by atoms with Gasteiger partial charge in [-0.2, -0.15) is 5.10 Å². The molecule has 7 nitrogen and oxygen atoms in total. The molecule has 0 saturated carbocycles. The topological polar surface area (TPSA) is 84.0 Å². The fourth-order valence-electron chi connectivity index (χ4n) is 2.90. The highest BCUT2D eigenvalue weighted by atomic mass is 32.1. The number of hydrogen-bond donors (Lipinski definition) is 1. The molecule has 26 heavy (non-hydrogen) atoms. The van der Waals surface area contributed by atoms with E-state index in [4.69, 9.17) is 4.74 Å². The van der Waals surface area contributed by atoms with Gasteiger partial charge in [-0.25, -0.2) is 4.39 Å². The number of ether oxygens (including phenoxy) is 1. The monoisotopic (exact) mass is 373 g/mol. The average Bonchev–Trinajstić information content (AvgIpc) is 3.34. The highest BCUT2D eigenvalue weighted by molar-refractivity contribution is 7.11. The van der Waals surface area contributed by atoms with E-state index in [1.165, 1.54) is 23.5 Å². The maximum absolute atomic E-state index is 13.0. The molecule has 1 fully saturated rings. The molecule has 0 bridgehead atoms. The lowest BCUT2D eigenvalue weighted by Gasteiger charge is -2.31. The quantitative estimate of drug-likeness (QED) is 0.760. The molecule has 0 radical (unpaired) electrons. The highest BCUT2D eigenvalue weighted by Gasteiger charge is 2.26. The van der Waals surface area contributed by atoms with Gasteiger partial charge in [-0.15, -0.1) is 10.2 Å². The molecule has 4 rings (SSSR count). The third-order valence-corrected chi connectivity index (χ3v) is 4.86. The smallest absolute Gasteiger partial charge is 0.294 e. The van der Waals surface area contributed by atoms with Crippen LogP contribution in [0.5, 0.6) is 5.19 Å². The van der Waals surface area contributed by atoms with E-state index in [9.17, 15) is 9.18 Å².